The molecule has 0 aliphatic carbocycles. The second-order valence-electron chi connectivity index (χ2n) is 6.34. The zero-order chi connectivity index (χ0) is 18.3. The molecule has 0 aliphatic heterocycles. The Kier molecular flexibility index (Phi) is 3.88. The number of nitrogens with zero attached hydrogens (tertiary/aromatic N) is 3. The lowest BCUT2D eigenvalue weighted by Gasteiger charge is -2.07. The maximum Gasteiger partial charge on any atom is 0.328 e. The fourth-order valence-electron chi connectivity index (χ4n) is 3.01. The lowest BCUT2D eigenvalue weighted by Crippen LogP contribution is -2.18. The Morgan fingerprint density at radius 2 is 1.92 bits per heavy atom. The van der Waals surface area contributed by atoms with Crippen molar-refractivity contribution in [2.24, 2.45) is 0 Å². The van der Waals surface area contributed by atoms with E-state index in [1.165, 1.54) is 6.07 Å². The van der Waals surface area contributed by atoms with Crippen molar-refractivity contribution in [3.63, 3.8) is 0 Å². The number of H-pyrrole nitrogens is 1. The summed E-state index contributed by atoms with van der Waals surface area (Å²) in [6.45, 7) is 4.05. The molecule has 0 saturated heterocycles. The van der Waals surface area contributed by atoms with Crippen LogP contribution in [0.4, 0.5) is 4.39 Å². The summed E-state index contributed by atoms with van der Waals surface area (Å²) in [4.78, 5) is 23.9. The van der Waals surface area contributed by atoms with Gasteiger partial charge in [0.25, 0.3) is 0 Å². The third-order valence-corrected chi connectivity index (χ3v) is 4.55. The van der Waals surface area contributed by atoms with Crippen LogP contribution >= 0.6 is 0 Å². The fourth-order valence-corrected chi connectivity index (χ4v) is 3.01. The highest BCUT2D eigenvalue weighted by Crippen LogP contribution is 2.24. The molecule has 0 saturated carbocycles. The number of aromatic nitrogens is 4. The Hall–Kier alpha value is -3.28. The smallest absolute Gasteiger partial charge is 0.290 e. The van der Waals surface area contributed by atoms with Crippen LogP contribution in [0.1, 0.15) is 16.8 Å². The first kappa shape index (κ1) is 16.2. The summed E-state index contributed by atoms with van der Waals surface area (Å²) in [6.07, 6.45) is 3.40. The van der Waals surface area contributed by atoms with Crippen molar-refractivity contribution in [2.75, 3.05) is 0 Å². The van der Waals surface area contributed by atoms with Gasteiger partial charge in [-0.3, -0.25) is 14.5 Å². The van der Waals surface area contributed by atoms with Crippen LogP contribution in [0.2, 0.25) is 0 Å². The molecule has 26 heavy (non-hydrogen) atoms. The zero-order valence-corrected chi connectivity index (χ0v) is 14.5. The van der Waals surface area contributed by atoms with Gasteiger partial charge in [0.2, 0.25) is 0 Å². The molecule has 5 nitrogen and oxygen atoms in total. The topological polar surface area (TPSA) is 63.6 Å². The minimum Gasteiger partial charge on any atom is -0.290 e. The van der Waals surface area contributed by atoms with Gasteiger partial charge >= 0.3 is 5.69 Å². The summed E-state index contributed by atoms with van der Waals surface area (Å²) in [5.41, 5.74) is 5.08. The van der Waals surface area contributed by atoms with Crippen molar-refractivity contribution in [1.29, 1.82) is 0 Å². The Balaban J connectivity index is 1.84. The second-order valence-corrected chi connectivity index (χ2v) is 6.34. The quantitative estimate of drug-likeness (QED) is 0.615. The molecule has 4 aromatic rings. The molecule has 0 aliphatic rings. The summed E-state index contributed by atoms with van der Waals surface area (Å²) < 4.78 is 15.2. The third-order valence-electron chi connectivity index (χ3n) is 4.55. The molecule has 0 spiro atoms. The van der Waals surface area contributed by atoms with E-state index < -0.39 is 0 Å². The summed E-state index contributed by atoms with van der Waals surface area (Å²) in [5.74, 6) is -0.244. The molecule has 0 unspecified atom stereocenters. The number of fused-ring (bicyclic) bond motifs is 1. The van der Waals surface area contributed by atoms with Crippen molar-refractivity contribution < 1.29 is 4.39 Å². The average Bonchev–Trinajstić information content (AvgIpc) is 2.94. The number of rotatable bonds is 3. The predicted octanol–water partition coefficient (Wildman–Crippen LogP) is 3.59. The van der Waals surface area contributed by atoms with Crippen LogP contribution in [-0.2, 0) is 6.54 Å². The van der Waals surface area contributed by atoms with Crippen LogP contribution in [0, 0.1) is 19.7 Å². The molecule has 3 heterocycles. The van der Waals surface area contributed by atoms with Gasteiger partial charge in [-0.05, 0) is 54.8 Å². The molecule has 130 valence electrons. The van der Waals surface area contributed by atoms with Crippen LogP contribution in [0.5, 0.6) is 0 Å². The Morgan fingerprint density at radius 1 is 1.08 bits per heavy atom. The normalized spacial score (nSPS) is 11.2. The maximum absolute atomic E-state index is 13.5. The highest BCUT2D eigenvalue weighted by atomic mass is 19.1. The van der Waals surface area contributed by atoms with Crippen LogP contribution in [0.3, 0.4) is 0 Å². The van der Waals surface area contributed by atoms with Gasteiger partial charge in [-0.25, -0.2) is 14.2 Å². The van der Waals surface area contributed by atoms with E-state index in [1.54, 1.807) is 36.0 Å². The monoisotopic (exact) mass is 348 g/mol. The number of halogens is 1. The fraction of sp³-hybridized carbons (Fsp3) is 0.150. The molecule has 0 radical (unpaired) electrons. The van der Waals surface area contributed by atoms with E-state index in [0.717, 1.165) is 22.4 Å². The Labute approximate surface area is 149 Å². The second kappa shape index (κ2) is 6.22. The summed E-state index contributed by atoms with van der Waals surface area (Å²) in [7, 11) is 0. The molecule has 6 heteroatoms. The Morgan fingerprint density at radius 3 is 2.69 bits per heavy atom. The van der Waals surface area contributed by atoms with Crippen LogP contribution in [0.25, 0.3) is 22.3 Å². The number of aromatic amines is 1. The predicted molar refractivity (Wildman–Crippen MR) is 98.6 cm³/mol. The van der Waals surface area contributed by atoms with Crippen molar-refractivity contribution in [3.05, 3.63) is 81.9 Å². The first-order chi connectivity index (χ1) is 12.5. The highest BCUT2D eigenvalue weighted by molar-refractivity contribution is 5.78. The largest absolute Gasteiger partial charge is 0.328 e. The molecular formula is C20H17FN4O. The van der Waals surface area contributed by atoms with E-state index in [0.29, 0.717) is 23.3 Å². The average molecular weight is 348 g/mol. The maximum atomic E-state index is 13.5. The standard InChI is InChI=1S/C20H17FN4O/c1-12-4-3-7-22-17(12)11-25-18-9-15(10-23-19(18)24-20(25)26)14-5-6-16(21)13(2)8-14/h3-10H,11H2,1-2H3,(H,23,24,26). The van der Waals surface area contributed by atoms with Gasteiger partial charge in [0, 0.05) is 18.0 Å². The molecule has 0 atom stereocenters. The molecule has 1 aromatic carbocycles. The number of benzene rings is 1. The number of hydrogen-bond donors (Lipinski definition) is 1. The van der Waals surface area contributed by atoms with Crippen LogP contribution < -0.4 is 5.69 Å². The minimum atomic E-state index is -0.244. The summed E-state index contributed by atoms with van der Waals surface area (Å²) >= 11 is 0. The molecule has 0 bridgehead atoms. The lowest BCUT2D eigenvalue weighted by atomic mass is 10.0. The molecule has 4 rings (SSSR count). The van der Waals surface area contributed by atoms with Gasteiger partial charge in [-0.2, -0.15) is 0 Å². The molecular weight excluding hydrogens is 331 g/mol. The van der Waals surface area contributed by atoms with Crippen molar-refractivity contribution in [3.8, 4) is 11.1 Å². The van der Waals surface area contributed by atoms with E-state index in [2.05, 4.69) is 15.0 Å². The van der Waals surface area contributed by atoms with Crippen molar-refractivity contribution in [2.45, 2.75) is 20.4 Å². The van der Waals surface area contributed by atoms with Gasteiger partial charge in [0.1, 0.15) is 5.82 Å². The summed E-state index contributed by atoms with van der Waals surface area (Å²) in [5, 5.41) is 0. The molecule has 1 N–H and O–H groups in total. The molecule has 3 aromatic heterocycles. The number of aryl methyl sites for hydroxylation is 2. The SMILES string of the molecule is Cc1cc(-c2cnc3[nH]c(=O)n(Cc4ncccc4C)c3c2)ccc1F. The number of nitrogens with one attached hydrogen (secondary N) is 1. The highest BCUT2D eigenvalue weighted by Gasteiger charge is 2.12. The summed E-state index contributed by atoms with van der Waals surface area (Å²) in [6, 6.07) is 10.7. The van der Waals surface area contributed by atoms with Gasteiger partial charge in [0.15, 0.2) is 5.65 Å². The Bertz CT molecular complexity index is 1180. The minimum absolute atomic E-state index is 0.231. The van der Waals surface area contributed by atoms with Gasteiger partial charge < -0.3 is 0 Å². The van der Waals surface area contributed by atoms with Crippen molar-refractivity contribution in [1.82, 2.24) is 19.5 Å². The van der Waals surface area contributed by atoms with Crippen LogP contribution in [0.15, 0.2) is 53.6 Å². The number of hydrogen-bond acceptors (Lipinski definition) is 3. The third kappa shape index (κ3) is 2.79. The zero-order valence-electron chi connectivity index (χ0n) is 14.5. The van der Waals surface area contributed by atoms with Gasteiger partial charge in [0.05, 0.1) is 17.8 Å². The van der Waals surface area contributed by atoms with E-state index in [4.69, 9.17) is 0 Å². The van der Waals surface area contributed by atoms with E-state index >= 15 is 0 Å². The van der Waals surface area contributed by atoms with Gasteiger partial charge in [-0.15, -0.1) is 0 Å². The van der Waals surface area contributed by atoms with E-state index in [1.807, 2.05) is 25.1 Å². The number of imidazole rings is 1. The van der Waals surface area contributed by atoms with Crippen molar-refractivity contribution >= 4 is 11.2 Å². The van der Waals surface area contributed by atoms with E-state index in [-0.39, 0.29) is 11.5 Å². The number of pyridine rings is 2. The van der Waals surface area contributed by atoms with E-state index in [9.17, 15) is 9.18 Å². The lowest BCUT2D eigenvalue weighted by molar-refractivity contribution is 0.619. The van der Waals surface area contributed by atoms with Crippen LogP contribution in [-0.4, -0.2) is 19.5 Å². The molecule has 0 amide bonds. The molecule has 0 fully saturated rings. The first-order valence-corrected chi connectivity index (χ1v) is 8.28. The van der Waals surface area contributed by atoms with Gasteiger partial charge in [-0.1, -0.05) is 12.1 Å². The first-order valence-electron chi connectivity index (χ1n) is 8.28.